The molecule has 0 bridgehead atoms. The number of hydrogen-bond donors (Lipinski definition) is 2. The van der Waals surface area contributed by atoms with Gasteiger partial charge in [0.05, 0.1) is 24.2 Å². The number of urea groups is 1. The van der Waals surface area contributed by atoms with Gasteiger partial charge in [-0.1, -0.05) is 30.3 Å². The standard InChI is InChI=1S/C23H26FN5O2/c24-18-9-7-17(8-10-18)15-25-23(31)26-16-21-19-5-1-2-6-20(19)22(30)29(27-21)14-13-28-11-3-4-12-28/h1-2,5-10H,3-4,11-16H2,(H2,25,26,31). The number of benzene rings is 2. The van der Waals surface area contributed by atoms with Crippen molar-refractivity contribution in [3.63, 3.8) is 0 Å². The fourth-order valence-electron chi connectivity index (χ4n) is 3.84. The molecule has 0 spiro atoms. The van der Waals surface area contributed by atoms with E-state index in [1.165, 1.54) is 29.7 Å². The molecule has 2 heterocycles. The normalized spacial score (nSPS) is 14.1. The van der Waals surface area contributed by atoms with Crippen LogP contribution in [0, 0.1) is 5.82 Å². The number of hydrogen-bond acceptors (Lipinski definition) is 4. The molecule has 2 N–H and O–H groups in total. The maximum Gasteiger partial charge on any atom is 0.315 e. The molecule has 0 unspecified atom stereocenters. The SMILES string of the molecule is O=C(NCc1ccc(F)cc1)NCc1nn(CCN2CCCC2)c(=O)c2ccccc12. The fourth-order valence-corrected chi connectivity index (χ4v) is 3.84. The zero-order valence-corrected chi connectivity index (χ0v) is 17.3. The van der Waals surface area contributed by atoms with Gasteiger partial charge < -0.3 is 15.5 Å². The van der Waals surface area contributed by atoms with Crippen molar-refractivity contribution in [1.82, 2.24) is 25.3 Å². The molecule has 2 amide bonds. The minimum Gasteiger partial charge on any atom is -0.334 e. The first-order valence-electron chi connectivity index (χ1n) is 10.6. The van der Waals surface area contributed by atoms with Crippen LogP contribution in [0.5, 0.6) is 0 Å². The highest BCUT2D eigenvalue weighted by atomic mass is 19.1. The first-order chi connectivity index (χ1) is 15.1. The summed E-state index contributed by atoms with van der Waals surface area (Å²) in [6, 6.07) is 12.9. The van der Waals surface area contributed by atoms with Crippen molar-refractivity contribution in [2.75, 3.05) is 19.6 Å². The van der Waals surface area contributed by atoms with E-state index in [0.29, 0.717) is 17.6 Å². The highest BCUT2D eigenvalue weighted by Gasteiger charge is 2.14. The van der Waals surface area contributed by atoms with Gasteiger partial charge in [-0.05, 0) is 49.7 Å². The molecule has 0 saturated carbocycles. The largest absolute Gasteiger partial charge is 0.334 e. The van der Waals surface area contributed by atoms with Crippen LogP contribution in [0.15, 0.2) is 53.3 Å². The van der Waals surface area contributed by atoms with E-state index in [1.54, 1.807) is 18.2 Å². The van der Waals surface area contributed by atoms with Crippen LogP contribution in [0.25, 0.3) is 10.8 Å². The first-order valence-corrected chi connectivity index (χ1v) is 10.6. The summed E-state index contributed by atoms with van der Waals surface area (Å²) in [4.78, 5) is 27.4. The number of halogens is 1. The van der Waals surface area contributed by atoms with Crippen LogP contribution in [0.4, 0.5) is 9.18 Å². The zero-order chi connectivity index (χ0) is 21.6. The maximum atomic E-state index is 13.0. The Morgan fingerprint density at radius 3 is 2.35 bits per heavy atom. The molecule has 31 heavy (non-hydrogen) atoms. The van der Waals surface area contributed by atoms with E-state index in [1.807, 2.05) is 18.2 Å². The summed E-state index contributed by atoms with van der Waals surface area (Å²) in [6.45, 7) is 3.91. The molecule has 1 saturated heterocycles. The van der Waals surface area contributed by atoms with Gasteiger partial charge in [0.25, 0.3) is 5.56 Å². The summed E-state index contributed by atoms with van der Waals surface area (Å²) in [7, 11) is 0. The van der Waals surface area contributed by atoms with E-state index in [2.05, 4.69) is 20.6 Å². The fraction of sp³-hybridized carbons (Fsp3) is 0.348. The highest BCUT2D eigenvalue weighted by molar-refractivity contribution is 5.84. The van der Waals surface area contributed by atoms with Gasteiger partial charge >= 0.3 is 6.03 Å². The smallest absolute Gasteiger partial charge is 0.315 e. The molecule has 8 heteroatoms. The molecule has 1 fully saturated rings. The van der Waals surface area contributed by atoms with E-state index in [-0.39, 0.29) is 30.5 Å². The lowest BCUT2D eigenvalue weighted by Gasteiger charge is -2.16. The predicted molar refractivity (Wildman–Crippen MR) is 117 cm³/mol. The molecule has 3 aromatic rings. The van der Waals surface area contributed by atoms with E-state index in [4.69, 9.17) is 0 Å². The van der Waals surface area contributed by atoms with Crippen molar-refractivity contribution in [2.24, 2.45) is 0 Å². The molecule has 1 aliphatic rings. The minimum absolute atomic E-state index is 0.112. The van der Waals surface area contributed by atoms with Gasteiger partial charge in [-0.2, -0.15) is 5.10 Å². The maximum absolute atomic E-state index is 13.0. The monoisotopic (exact) mass is 423 g/mol. The van der Waals surface area contributed by atoms with Crippen molar-refractivity contribution < 1.29 is 9.18 Å². The number of amides is 2. The zero-order valence-electron chi connectivity index (χ0n) is 17.3. The summed E-state index contributed by atoms with van der Waals surface area (Å²) in [5.41, 5.74) is 1.34. The molecule has 0 radical (unpaired) electrons. The minimum atomic E-state index is -0.356. The second-order valence-electron chi connectivity index (χ2n) is 7.73. The quantitative estimate of drug-likeness (QED) is 0.612. The summed E-state index contributed by atoms with van der Waals surface area (Å²) >= 11 is 0. The van der Waals surface area contributed by atoms with Crippen LogP contribution in [-0.2, 0) is 19.6 Å². The van der Waals surface area contributed by atoms with Gasteiger partial charge in [-0.3, -0.25) is 4.79 Å². The summed E-state index contributed by atoms with van der Waals surface area (Å²) in [5, 5.41) is 11.4. The van der Waals surface area contributed by atoms with Crippen molar-refractivity contribution >= 4 is 16.8 Å². The third kappa shape index (κ3) is 5.27. The second-order valence-corrected chi connectivity index (χ2v) is 7.73. The predicted octanol–water partition coefficient (Wildman–Crippen LogP) is 2.63. The van der Waals surface area contributed by atoms with Crippen molar-refractivity contribution in [3.05, 3.63) is 76.0 Å². The Hall–Kier alpha value is -3.26. The van der Waals surface area contributed by atoms with Crippen LogP contribution in [0.3, 0.4) is 0 Å². The van der Waals surface area contributed by atoms with Crippen LogP contribution < -0.4 is 16.2 Å². The number of nitrogens with zero attached hydrogens (tertiary/aromatic N) is 3. The van der Waals surface area contributed by atoms with Gasteiger partial charge in [0.1, 0.15) is 5.82 Å². The van der Waals surface area contributed by atoms with Gasteiger partial charge in [0.2, 0.25) is 0 Å². The van der Waals surface area contributed by atoms with E-state index >= 15 is 0 Å². The Bertz CT molecular complexity index is 1110. The third-order valence-electron chi connectivity index (χ3n) is 5.55. The number of nitrogens with one attached hydrogen (secondary N) is 2. The highest BCUT2D eigenvalue weighted by Crippen LogP contribution is 2.13. The van der Waals surface area contributed by atoms with Crippen molar-refractivity contribution in [1.29, 1.82) is 0 Å². The van der Waals surface area contributed by atoms with Crippen LogP contribution in [0.2, 0.25) is 0 Å². The Kier molecular flexibility index (Phi) is 6.57. The number of rotatable bonds is 7. The molecule has 0 atom stereocenters. The number of likely N-dealkylation sites (tertiary alicyclic amines) is 1. The summed E-state index contributed by atoms with van der Waals surface area (Å²) < 4.78 is 14.5. The Morgan fingerprint density at radius 2 is 1.61 bits per heavy atom. The van der Waals surface area contributed by atoms with Crippen LogP contribution in [-0.4, -0.2) is 40.3 Å². The molecule has 162 valence electrons. The lowest BCUT2D eigenvalue weighted by atomic mass is 10.1. The lowest BCUT2D eigenvalue weighted by Crippen LogP contribution is -2.36. The number of carbonyl (C=O) groups excluding carboxylic acids is 1. The van der Waals surface area contributed by atoms with E-state index in [0.717, 1.165) is 30.6 Å². The molecular weight excluding hydrogens is 397 g/mol. The number of fused-ring (bicyclic) bond motifs is 1. The molecule has 4 rings (SSSR count). The Balaban J connectivity index is 1.44. The van der Waals surface area contributed by atoms with Crippen molar-refractivity contribution in [2.45, 2.75) is 32.5 Å². The number of carbonyl (C=O) groups is 1. The van der Waals surface area contributed by atoms with Gasteiger partial charge in [-0.25, -0.2) is 13.9 Å². The molecule has 2 aromatic carbocycles. The summed E-state index contributed by atoms with van der Waals surface area (Å²) in [5.74, 6) is -0.314. The third-order valence-corrected chi connectivity index (χ3v) is 5.55. The summed E-state index contributed by atoms with van der Waals surface area (Å²) in [6.07, 6.45) is 2.39. The van der Waals surface area contributed by atoms with Gasteiger partial charge in [0, 0.05) is 18.5 Å². The Morgan fingerprint density at radius 1 is 0.935 bits per heavy atom. The van der Waals surface area contributed by atoms with Gasteiger partial charge in [0.15, 0.2) is 0 Å². The first kappa shape index (κ1) is 21.0. The van der Waals surface area contributed by atoms with Crippen molar-refractivity contribution in [3.8, 4) is 0 Å². The second kappa shape index (κ2) is 9.70. The average molecular weight is 423 g/mol. The topological polar surface area (TPSA) is 79.3 Å². The van der Waals surface area contributed by atoms with Crippen LogP contribution >= 0.6 is 0 Å². The van der Waals surface area contributed by atoms with E-state index < -0.39 is 0 Å². The van der Waals surface area contributed by atoms with E-state index in [9.17, 15) is 14.0 Å². The molecule has 0 aliphatic carbocycles. The lowest BCUT2D eigenvalue weighted by molar-refractivity contribution is 0.240. The van der Waals surface area contributed by atoms with Gasteiger partial charge in [-0.15, -0.1) is 0 Å². The average Bonchev–Trinajstić information content (AvgIpc) is 3.31. The number of aromatic nitrogens is 2. The molecule has 7 nitrogen and oxygen atoms in total. The van der Waals surface area contributed by atoms with Crippen LogP contribution in [0.1, 0.15) is 24.1 Å². The molecule has 1 aliphatic heterocycles. The molecular formula is C23H26FN5O2. The molecule has 1 aromatic heterocycles. The Labute approximate surface area is 179 Å².